The maximum Gasteiger partial charge on any atom is 0.334 e. The molecule has 1 N–H and O–H groups in total. The Morgan fingerprint density at radius 2 is 1.79 bits per heavy atom. The van der Waals surface area contributed by atoms with Crippen LogP contribution in [0, 0.1) is 0 Å². The summed E-state index contributed by atoms with van der Waals surface area (Å²) >= 11 is 0. The van der Waals surface area contributed by atoms with Gasteiger partial charge in [0.2, 0.25) is 0 Å². The Morgan fingerprint density at radius 1 is 1.21 bits per heavy atom. The maximum atomic E-state index is 11.8. The number of aliphatic carboxylic acids is 1. The molecular formula is C11H14O7S. The van der Waals surface area contributed by atoms with E-state index in [-0.39, 0.29) is 10.6 Å². The van der Waals surface area contributed by atoms with Crippen LogP contribution in [0.5, 0.6) is 11.5 Å². The van der Waals surface area contributed by atoms with Gasteiger partial charge in [-0.1, -0.05) is 0 Å². The molecule has 0 fully saturated rings. The summed E-state index contributed by atoms with van der Waals surface area (Å²) in [6.45, 7) is 1.13. The van der Waals surface area contributed by atoms with Gasteiger partial charge in [0.05, 0.1) is 19.1 Å². The molecular weight excluding hydrogens is 276 g/mol. The smallest absolute Gasteiger partial charge is 0.334 e. The highest BCUT2D eigenvalue weighted by molar-refractivity contribution is 7.86. The van der Waals surface area contributed by atoms with E-state index in [4.69, 9.17) is 14.6 Å². The minimum Gasteiger partial charge on any atom is -0.493 e. The average molecular weight is 290 g/mol. The molecule has 0 aliphatic rings. The van der Waals surface area contributed by atoms with Crippen LogP contribution in [0.25, 0.3) is 0 Å². The fraction of sp³-hybridized carbons (Fsp3) is 0.364. The van der Waals surface area contributed by atoms with E-state index in [0.29, 0.717) is 5.75 Å². The second-order valence-electron chi connectivity index (χ2n) is 3.55. The molecule has 1 aromatic rings. The molecule has 0 aliphatic heterocycles. The van der Waals surface area contributed by atoms with Crippen molar-refractivity contribution in [3.63, 3.8) is 0 Å². The Kier molecular flexibility index (Phi) is 4.73. The average Bonchev–Trinajstić information content (AvgIpc) is 2.37. The van der Waals surface area contributed by atoms with Crippen LogP contribution in [0.3, 0.4) is 0 Å². The van der Waals surface area contributed by atoms with Gasteiger partial charge >= 0.3 is 5.97 Å². The molecule has 8 heteroatoms. The molecule has 1 unspecified atom stereocenters. The van der Waals surface area contributed by atoms with Crippen molar-refractivity contribution in [3.8, 4) is 11.5 Å². The molecule has 19 heavy (non-hydrogen) atoms. The zero-order valence-electron chi connectivity index (χ0n) is 10.6. The number of carbonyl (C=O) groups is 1. The molecule has 1 atom stereocenters. The second-order valence-corrected chi connectivity index (χ2v) is 5.12. The topological polar surface area (TPSA) is 99.1 Å². The van der Waals surface area contributed by atoms with Crippen molar-refractivity contribution in [3.05, 3.63) is 18.2 Å². The predicted molar refractivity (Wildman–Crippen MR) is 64.9 cm³/mol. The molecule has 106 valence electrons. The Labute approximate surface area is 110 Å². The van der Waals surface area contributed by atoms with E-state index >= 15 is 0 Å². The van der Waals surface area contributed by atoms with Crippen LogP contribution in [-0.4, -0.2) is 39.8 Å². The number of benzene rings is 1. The Morgan fingerprint density at radius 3 is 2.26 bits per heavy atom. The minimum atomic E-state index is -4.18. The fourth-order valence-corrected chi connectivity index (χ4v) is 2.32. The first kappa shape index (κ1) is 15.3. The molecule has 1 aromatic carbocycles. The molecule has 0 heterocycles. The molecule has 0 aromatic heterocycles. The van der Waals surface area contributed by atoms with E-state index in [2.05, 4.69) is 4.18 Å². The van der Waals surface area contributed by atoms with Gasteiger partial charge in [-0.2, -0.15) is 8.42 Å². The molecule has 0 spiro atoms. The molecule has 0 bridgehead atoms. The number of ether oxygens (including phenoxy) is 2. The summed E-state index contributed by atoms with van der Waals surface area (Å²) in [4.78, 5) is 10.4. The van der Waals surface area contributed by atoms with E-state index in [0.717, 1.165) is 6.92 Å². The Hall–Kier alpha value is -1.80. The van der Waals surface area contributed by atoms with Gasteiger partial charge in [-0.3, -0.25) is 4.18 Å². The summed E-state index contributed by atoms with van der Waals surface area (Å²) in [5.74, 6) is -0.813. The van der Waals surface area contributed by atoms with E-state index in [9.17, 15) is 13.2 Å². The highest BCUT2D eigenvalue weighted by Crippen LogP contribution is 2.30. The largest absolute Gasteiger partial charge is 0.493 e. The first-order valence-corrected chi connectivity index (χ1v) is 6.60. The van der Waals surface area contributed by atoms with Crippen LogP contribution in [-0.2, 0) is 19.1 Å². The number of rotatable bonds is 6. The van der Waals surface area contributed by atoms with E-state index < -0.39 is 22.2 Å². The lowest BCUT2D eigenvalue weighted by molar-refractivity contribution is -0.144. The van der Waals surface area contributed by atoms with E-state index in [1.54, 1.807) is 0 Å². The molecule has 0 radical (unpaired) electrons. The van der Waals surface area contributed by atoms with Crippen LogP contribution in [0.4, 0.5) is 0 Å². The number of carboxylic acids is 1. The van der Waals surface area contributed by atoms with Crippen LogP contribution in [0.2, 0.25) is 0 Å². The lowest BCUT2D eigenvalue weighted by Gasteiger charge is -2.11. The molecule has 0 amide bonds. The van der Waals surface area contributed by atoms with Crippen molar-refractivity contribution in [1.82, 2.24) is 0 Å². The van der Waals surface area contributed by atoms with Gasteiger partial charge in [-0.15, -0.1) is 0 Å². The Balaban J connectivity index is 3.12. The molecule has 0 saturated carbocycles. The third-order valence-electron chi connectivity index (χ3n) is 2.26. The van der Waals surface area contributed by atoms with Crippen LogP contribution in [0.1, 0.15) is 6.92 Å². The summed E-state index contributed by atoms with van der Waals surface area (Å²) in [5, 5.41) is 8.64. The number of hydrogen-bond donors (Lipinski definition) is 1. The van der Waals surface area contributed by atoms with Gasteiger partial charge in [0, 0.05) is 6.07 Å². The van der Waals surface area contributed by atoms with Crippen molar-refractivity contribution < 1.29 is 32.0 Å². The van der Waals surface area contributed by atoms with Crippen molar-refractivity contribution in [2.75, 3.05) is 14.2 Å². The van der Waals surface area contributed by atoms with Gasteiger partial charge in [-0.05, 0) is 19.1 Å². The normalized spacial score (nSPS) is 12.8. The standard InChI is InChI=1S/C11H14O7S/c1-7(11(12)13)18-19(14,15)8-4-5-9(16-2)10(6-8)17-3/h4-7H,1-3H3,(H,12,13). The summed E-state index contributed by atoms with van der Waals surface area (Å²) in [6, 6.07) is 3.83. The van der Waals surface area contributed by atoms with Gasteiger partial charge < -0.3 is 14.6 Å². The molecule has 7 nitrogen and oxygen atoms in total. The maximum absolute atomic E-state index is 11.8. The third kappa shape index (κ3) is 3.58. The van der Waals surface area contributed by atoms with Crippen LogP contribution >= 0.6 is 0 Å². The van der Waals surface area contributed by atoms with Crippen LogP contribution < -0.4 is 9.47 Å². The summed E-state index contributed by atoms with van der Waals surface area (Å²) in [6.07, 6.45) is -1.47. The van der Waals surface area contributed by atoms with Crippen molar-refractivity contribution in [1.29, 1.82) is 0 Å². The minimum absolute atomic E-state index is 0.204. The van der Waals surface area contributed by atoms with Gasteiger partial charge in [0.25, 0.3) is 10.1 Å². The number of carboxylic acid groups (broad SMARTS) is 1. The summed E-state index contributed by atoms with van der Waals surface area (Å²) < 4.78 is 38.1. The lowest BCUT2D eigenvalue weighted by Crippen LogP contribution is -2.23. The monoisotopic (exact) mass is 290 g/mol. The van der Waals surface area contributed by atoms with Gasteiger partial charge in [-0.25, -0.2) is 4.79 Å². The summed E-state index contributed by atoms with van der Waals surface area (Å²) in [5.41, 5.74) is 0. The van der Waals surface area contributed by atoms with E-state index in [1.165, 1.54) is 32.4 Å². The first-order chi connectivity index (χ1) is 8.81. The van der Waals surface area contributed by atoms with Crippen LogP contribution in [0.15, 0.2) is 23.1 Å². The van der Waals surface area contributed by atoms with E-state index in [1.807, 2.05) is 0 Å². The number of hydrogen-bond acceptors (Lipinski definition) is 6. The van der Waals surface area contributed by atoms with Crippen molar-refractivity contribution >= 4 is 16.1 Å². The van der Waals surface area contributed by atoms with Gasteiger partial charge in [0.1, 0.15) is 0 Å². The molecule has 1 rings (SSSR count). The quantitative estimate of drug-likeness (QED) is 0.776. The fourth-order valence-electron chi connectivity index (χ4n) is 1.26. The molecule has 0 aliphatic carbocycles. The lowest BCUT2D eigenvalue weighted by atomic mass is 10.3. The molecule has 0 saturated heterocycles. The predicted octanol–water partition coefficient (Wildman–Crippen LogP) is 0.882. The highest BCUT2D eigenvalue weighted by Gasteiger charge is 2.24. The Bertz CT molecular complexity index is 564. The second kappa shape index (κ2) is 5.89. The first-order valence-electron chi connectivity index (χ1n) is 5.20. The van der Waals surface area contributed by atoms with Gasteiger partial charge in [0.15, 0.2) is 17.6 Å². The number of methoxy groups -OCH3 is 2. The van der Waals surface area contributed by atoms with Crippen molar-refractivity contribution in [2.45, 2.75) is 17.9 Å². The SMILES string of the molecule is COc1ccc(S(=O)(=O)OC(C)C(=O)O)cc1OC. The van der Waals surface area contributed by atoms with Crippen molar-refractivity contribution in [2.24, 2.45) is 0 Å². The summed E-state index contributed by atoms with van der Waals surface area (Å²) in [7, 11) is -1.41. The zero-order valence-corrected chi connectivity index (χ0v) is 11.4. The zero-order chi connectivity index (χ0) is 14.6. The third-order valence-corrected chi connectivity index (χ3v) is 3.64. The highest BCUT2D eigenvalue weighted by atomic mass is 32.2.